The van der Waals surface area contributed by atoms with Crippen molar-refractivity contribution in [1.82, 2.24) is 10.6 Å². The van der Waals surface area contributed by atoms with Crippen LogP contribution in [0.1, 0.15) is 17.2 Å². The molecule has 0 aliphatic carbocycles. The highest BCUT2D eigenvalue weighted by Crippen LogP contribution is 2.19. The summed E-state index contributed by atoms with van der Waals surface area (Å²) in [6.07, 6.45) is -0.165. The molecule has 0 radical (unpaired) electrons. The molecule has 1 unspecified atom stereocenters. The summed E-state index contributed by atoms with van der Waals surface area (Å²) in [5.74, 6) is -3.99. The fourth-order valence-corrected chi connectivity index (χ4v) is 4.11. The molecule has 0 heterocycles. The molecule has 178 valence electrons. The van der Waals surface area contributed by atoms with Gasteiger partial charge in [-0.3, -0.25) is 14.3 Å². The number of carbonyl (C=O) groups is 2. The molecule has 7 nitrogen and oxygen atoms in total. The number of rotatable bonds is 8. The second-order valence-corrected chi connectivity index (χ2v) is 8.90. The van der Waals surface area contributed by atoms with Gasteiger partial charge in [-0.05, 0) is 59.7 Å². The van der Waals surface area contributed by atoms with Gasteiger partial charge in [0.25, 0.3) is 10.0 Å². The summed E-state index contributed by atoms with van der Waals surface area (Å²) in [4.78, 5) is 24.6. The Bertz CT molecular complexity index is 1300. The fraction of sp³-hybridized carbons (Fsp3) is 0.130. The van der Waals surface area contributed by atoms with Crippen molar-refractivity contribution in [3.8, 4) is 0 Å². The van der Waals surface area contributed by atoms with Gasteiger partial charge in [0.05, 0.1) is 11.3 Å². The van der Waals surface area contributed by atoms with E-state index in [1.165, 1.54) is 37.4 Å². The van der Waals surface area contributed by atoms with Crippen LogP contribution in [0.4, 0.5) is 18.9 Å². The van der Waals surface area contributed by atoms with Crippen molar-refractivity contribution < 1.29 is 31.2 Å². The first kappa shape index (κ1) is 24.8. The molecule has 0 aliphatic rings. The fourth-order valence-electron chi connectivity index (χ4n) is 3.05. The van der Waals surface area contributed by atoms with E-state index in [1.54, 1.807) is 0 Å². The van der Waals surface area contributed by atoms with Crippen molar-refractivity contribution in [3.63, 3.8) is 0 Å². The predicted molar refractivity (Wildman–Crippen MR) is 119 cm³/mol. The molecule has 34 heavy (non-hydrogen) atoms. The van der Waals surface area contributed by atoms with Gasteiger partial charge in [0, 0.05) is 12.7 Å². The minimum absolute atomic E-state index is 0.0668. The lowest BCUT2D eigenvalue weighted by atomic mass is 10.0. The van der Waals surface area contributed by atoms with E-state index in [2.05, 4.69) is 15.4 Å². The van der Waals surface area contributed by atoms with Crippen LogP contribution in [0.5, 0.6) is 0 Å². The molecule has 0 saturated heterocycles. The van der Waals surface area contributed by atoms with Crippen molar-refractivity contribution in [2.45, 2.75) is 17.4 Å². The normalized spacial score (nSPS) is 12.0. The van der Waals surface area contributed by atoms with Gasteiger partial charge in [-0.2, -0.15) is 0 Å². The number of sulfonamides is 1. The smallest absolute Gasteiger partial charge is 0.261 e. The minimum atomic E-state index is -3.93. The van der Waals surface area contributed by atoms with Crippen LogP contribution in [0.25, 0.3) is 0 Å². The first-order valence-corrected chi connectivity index (χ1v) is 11.4. The largest absolute Gasteiger partial charge is 0.357 e. The van der Waals surface area contributed by atoms with E-state index in [0.717, 1.165) is 36.4 Å². The maximum absolute atomic E-state index is 13.6. The number of likely N-dealkylation sites (N-methyl/N-ethyl adjacent to an activating group) is 1. The summed E-state index contributed by atoms with van der Waals surface area (Å²) in [5, 5.41) is 4.83. The number of benzene rings is 3. The quantitative estimate of drug-likeness (QED) is 0.451. The highest BCUT2D eigenvalue weighted by molar-refractivity contribution is 7.92. The summed E-state index contributed by atoms with van der Waals surface area (Å²) < 4.78 is 66.9. The topological polar surface area (TPSA) is 104 Å². The molecule has 0 aliphatic heterocycles. The van der Waals surface area contributed by atoms with Crippen LogP contribution < -0.4 is 15.4 Å². The van der Waals surface area contributed by atoms with Gasteiger partial charge in [0.2, 0.25) is 11.8 Å². The Morgan fingerprint density at radius 2 is 1.53 bits per heavy atom. The molecule has 0 aromatic heterocycles. The number of anilines is 1. The van der Waals surface area contributed by atoms with Gasteiger partial charge in [0.15, 0.2) is 11.6 Å². The molecule has 2 amide bonds. The second kappa shape index (κ2) is 10.4. The van der Waals surface area contributed by atoms with Crippen LogP contribution in [-0.2, 0) is 26.0 Å². The molecule has 3 N–H and O–H groups in total. The summed E-state index contributed by atoms with van der Waals surface area (Å²) in [6, 6.07) is 11.9. The van der Waals surface area contributed by atoms with Crippen molar-refractivity contribution >= 4 is 27.5 Å². The first-order chi connectivity index (χ1) is 16.1. The molecule has 3 aromatic rings. The summed E-state index contributed by atoms with van der Waals surface area (Å²) in [6.45, 7) is 0. The van der Waals surface area contributed by atoms with Crippen LogP contribution in [0.2, 0.25) is 0 Å². The second-order valence-electron chi connectivity index (χ2n) is 7.22. The molecule has 0 fully saturated rings. The third-order valence-corrected chi connectivity index (χ3v) is 6.18. The Balaban J connectivity index is 1.67. The average molecular weight is 491 g/mol. The highest BCUT2D eigenvalue weighted by Gasteiger charge is 2.23. The molecule has 0 bridgehead atoms. The van der Waals surface area contributed by atoms with Crippen LogP contribution in [-0.4, -0.2) is 27.3 Å². The van der Waals surface area contributed by atoms with Gasteiger partial charge in [-0.25, -0.2) is 21.6 Å². The van der Waals surface area contributed by atoms with Crippen molar-refractivity contribution in [2.75, 3.05) is 11.8 Å². The third-order valence-electron chi connectivity index (χ3n) is 4.79. The maximum atomic E-state index is 13.6. The molecule has 11 heteroatoms. The van der Waals surface area contributed by atoms with E-state index in [0.29, 0.717) is 5.56 Å². The van der Waals surface area contributed by atoms with Gasteiger partial charge in [-0.1, -0.05) is 18.2 Å². The predicted octanol–water partition coefficient (Wildman–Crippen LogP) is 3.05. The number of nitrogens with one attached hydrogen (secondary N) is 3. The average Bonchev–Trinajstić information content (AvgIpc) is 2.80. The zero-order chi connectivity index (χ0) is 24.9. The monoisotopic (exact) mass is 491 g/mol. The first-order valence-electron chi connectivity index (χ1n) is 9.92. The zero-order valence-electron chi connectivity index (χ0n) is 17.8. The number of carbonyl (C=O) groups excluding carboxylic acids is 2. The molecule has 0 spiro atoms. The van der Waals surface area contributed by atoms with E-state index in [-0.39, 0.29) is 22.6 Å². The number of hydrogen-bond acceptors (Lipinski definition) is 4. The van der Waals surface area contributed by atoms with E-state index < -0.39 is 45.3 Å². The van der Waals surface area contributed by atoms with Gasteiger partial charge >= 0.3 is 0 Å². The molecular formula is C23H20F3N3O4S. The third kappa shape index (κ3) is 6.13. The number of hydrogen-bond donors (Lipinski definition) is 3. The Kier molecular flexibility index (Phi) is 7.57. The van der Waals surface area contributed by atoms with E-state index in [9.17, 15) is 31.2 Å². The lowest BCUT2D eigenvalue weighted by Crippen LogP contribution is -2.39. The Labute approximate surface area is 194 Å². The lowest BCUT2D eigenvalue weighted by molar-refractivity contribution is -0.128. The van der Waals surface area contributed by atoms with Gasteiger partial charge in [-0.15, -0.1) is 0 Å². The minimum Gasteiger partial charge on any atom is -0.357 e. The Hall–Kier alpha value is -3.86. The van der Waals surface area contributed by atoms with Gasteiger partial charge < -0.3 is 10.6 Å². The van der Waals surface area contributed by atoms with E-state index >= 15 is 0 Å². The van der Waals surface area contributed by atoms with Gasteiger partial charge in [0.1, 0.15) is 11.9 Å². The van der Waals surface area contributed by atoms with Crippen LogP contribution >= 0.6 is 0 Å². The zero-order valence-corrected chi connectivity index (χ0v) is 18.6. The Morgan fingerprint density at radius 1 is 0.882 bits per heavy atom. The summed E-state index contributed by atoms with van der Waals surface area (Å²) in [5.41, 5.74) is 0.791. The van der Waals surface area contributed by atoms with Crippen LogP contribution in [0, 0.1) is 17.5 Å². The molecule has 3 aromatic carbocycles. The van der Waals surface area contributed by atoms with Crippen molar-refractivity contribution in [2.24, 2.45) is 0 Å². The standard InChI is InChI=1S/C23H20F3N3O4S/c1-27-23(31)22(15-4-11-19(25)20(26)13-15)28-21(30)12-14-2-7-17(8-3-14)29-34(32,33)18-9-5-16(24)6-10-18/h2-11,13,22,29H,12H2,1H3,(H,27,31)(H,28,30). The van der Waals surface area contributed by atoms with Crippen LogP contribution in [0.3, 0.4) is 0 Å². The highest BCUT2D eigenvalue weighted by atomic mass is 32.2. The summed E-state index contributed by atoms with van der Waals surface area (Å²) in [7, 11) is -2.59. The van der Waals surface area contributed by atoms with Crippen molar-refractivity contribution in [3.05, 3.63) is 95.3 Å². The number of halogens is 3. The van der Waals surface area contributed by atoms with Crippen molar-refractivity contribution in [1.29, 1.82) is 0 Å². The molecule has 0 saturated carbocycles. The maximum Gasteiger partial charge on any atom is 0.261 e. The molecule has 1 atom stereocenters. The Morgan fingerprint density at radius 3 is 2.12 bits per heavy atom. The molecule has 3 rings (SSSR count). The number of amides is 2. The molecular weight excluding hydrogens is 471 g/mol. The van der Waals surface area contributed by atoms with E-state index in [4.69, 9.17) is 0 Å². The SMILES string of the molecule is CNC(=O)C(NC(=O)Cc1ccc(NS(=O)(=O)c2ccc(F)cc2)cc1)c1ccc(F)c(F)c1. The van der Waals surface area contributed by atoms with Crippen LogP contribution in [0.15, 0.2) is 71.6 Å². The summed E-state index contributed by atoms with van der Waals surface area (Å²) >= 11 is 0. The van der Waals surface area contributed by atoms with E-state index in [1.807, 2.05) is 0 Å². The lowest BCUT2D eigenvalue weighted by Gasteiger charge is -2.18.